The molecule has 0 saturated heterocycles. The highest BCUT2D eigenvalue weighted by Crippen LogP contribution is 2.34. The van der Waals surface area contributed by atoms with Crippen LogP contribution in [-0.4, -0.2) is 19.8 Å². The van der Waals surface area contributed by atoms with Gasteiger partial charge >= 0.3 is 0 Å². The minimum absolute atomic E-state index is 1.00. The van der Waals surface area contributed by atoms with Crippen LogP contribution in [0, 0.1) is 0 Å². The van der Waals surface area contributed by atoms with E-state index in [1.807, 2.05) is 36.4 Å². The summed E-state index contributed by atoms with van der Waals surface area (Å²) in [6, 6.07) is 11.8. The number of aromatic nitrogens is 2. The van der Waals surface area contributed by atoms with Crippen molar-refractivity contribution in [2.45, 2.75) is 10.1 Å². The molecule has 2 aromatic heterocycles. The Labute approximate surface area is 114 Å². The quantitative estimate of drug-likeness (QED) is 0.592. The van der Waals surface area contributed by atoms with Crippen LogP contribution in [0.3, 0.4) is 0 Å². The van der Waals surface area contributed by atoms with Gasteiger partial charge in [-0.3, -0.25) is 5.50 Å². The first-order valence-corrected chi connectivity index (χ1v) is 8.24. The van der Waals surface area contributed by atoms with Gasteiger partial charge in [-0.2, -0.15) is 0 Å². The van der Waals surface area contributed by atoms with E-state index in [-0.39, 0.29) is 0 Å². The van der Waals surface area contributed by atoms with E-state index in [4.69, 9.17) is 9.79 Å². The molecule has 2 rings (SSSR count). The molecule has 0 amide bonds. The van der Waals surface area contributed by atoms with E-state index >= 15 is 0 Å². The Morgan fingerprint density at radius 2 is 1.28 bits per heavy atom. The second-order valence-corrected chi connectivity index (χ2v) is 5.63. The van der Waals surface area contributed by atoms with Gasteiger partial charge in [0.2, 0.25) is 8.53 Å². The lowest BCUT2D eigenvalue weighted by atomic mass is 10.5. The van der Waals surface area contributed by atoms with Gasteiger partial charge < -0.3 is 9.79 Å². The fourth-order valence-electron chi connectivity index (χ4n) is 0.878. The van der Waals surface area contributed by atoms with Crippen LogP contribution in [0.15, 0.2) is 58.8 Å². The van der Waals surface area contributed by atoms with Gasteiger partial charge in [0.05, 0.1) is 0 Å². The lowest BCUT2D eigenvalue weighted by molar-refractivity contribution is 0.485. The van der Waals surface area contributed by atoms with Crippen LogP contribution in [0.5, 0.6) is 0 Å². The zero-order chi connectivity index (χ0) is 13.2. The van der Waals surface area contributed by atoms with E-state index in [1.54, 1.807) is 34.0 Å². The van der Waals surface area contributed by atoms with Gasteiger partial charge in [0.15, 0.2) is 0 Å². The van der Waals surface area contributed by atoms with Crippen molar-refractivity contribution in [2.24, 2.45) is 5.50 Å². The summed E-state index contributed by atoms with van der Waals surface area (Å²) in [4.78, 5) is 23.3. The molecule has 0 aliphatic rings. The lowest BCUT2D eigenvalue weighted by Crippen LogP contribution is -1.78. The van der Waals surface area contributed by atoms with Gasteiger partial charge in [0, 0.05) is 12.4 Å². The summed E-state index contributed by atoms with van der Waals surface area (Å²) in [5, 5.41) is 2.01. The minimum Gasteiger partial charge on any atom is -0.338 e. The van der Waals surface area contributed by atoms with Gasteiger partial charge in [-0.25, -0.2) is 9.97 Å². The fraction of sp³-hybridized carbons (Fsp3) is 0. The minimum atomic E-state index is -2.12. The summed E-state index contributed by atoms with van der Waals surface area (Å²) in [7, 11) is 1.11. The van der Waals surface area contributed by atoms with Crippen molar-refractivity contribution in [1.82, 2.24) is 9.97 Å². The summed E-state index contributed by atoms with van der Waals surface area (Å²) in [6.45, 7) is 0. The van der Waals surface area contributed by atoms with E-state index in [0.29, 0.717) is 0 Å². The summed E-state index contributed by atoms with van der Waals surface area (Å²) in [5.41, 5.74) is 4.29. The van der Waals surface area contributed by atoms with E-state index in [2.05, 4.69) is 15.5 Å². The maximum Gasteiger partial charge on any atom is 0.247 e. The SMILES string of the molecule is NP(O)O.c1ccc(SSc2ccccn2)nc1. The van der Waals surface area contributed by atoms with Crippen LogP contribution >= 0.6 is 30.1 Å². The molecule has 5 nitrogen and oxygen atoms in total. The largest absolute Gasteiger partial charge is 0.338 e. The first-order chi connectivity index (χ1) is 8.68. The highest BCUT2D eigenvalue weighted by molar-refractivity contribution is 8.76. The monoisotopic (exact) mass is 301 g/mol. The predicted molar refractivity (Wildman–Crippen MR) is 75.7 cm³/mol. The molecule has 2 heterocycles. The van der Waals surface area contributed by atoms with Gasteiger partial charge in [-0.1, -0.05) is 12.1 Å². The molecule has 0 radical (unpaired) electrons. The number of hydrogen-bond acceptors (Lipinski definition) is 7. The molecule has 4 N–H and O–H groups in total. The van der Waals surface area contributed by atoms with Gasteiger partial charge in [0.25, 0.3) is 0 Å². The molecule has 0 saturated carbocycles. The maximum atomic E-state index is 7.45. The standard InChI is InChI=1S/C10H8N2S2.H4NO2P/c1-3-7-11-9(5-1)13-14-10-6-2-4-8-12-10;1-4(2)3/h1-8H;2-3H,1H2. The molecular weight excluding hydrogens is 289 g/mol. The Morgan fingerprint density at radius 3 is 1.56 bits per heavy atom. The number of pyridine rings is 2. The zero-order valence-electron chi connectivity index (χ0n) is 9.25. The maximum absolute atomic E-state index is 7.45. The molecule has 0 aliphatic heterocycles. The van der Waals surface area contributed by atoms with Crippen molar-refractivity contribution in [1.29, 1.82) is 0 Å². The average molecular weight is 301 g/mol. The number of nitrogens with zero attached hydrogens (tertiary/aromatic N) is 2. The second-order valence-electron chi connectivity index (χ2n) is 2.82. The smallest absolute Gasteiger partial charge is 0.247 e. The van der Waals surface area contributed by atoms with Crippen molar-refractivity contribution in [2.75, 3.05) is 0 Å². The van der Waals surface area contributed by atoms with Crippen LogP contribution < -0.4 is 5.50 Å². The first kappa shape index (κ1) is 15.4. The fourth-order valence-corrected chi connectivity index (χ4v) is 2.63. The summed E-state index contributed by atoms with van der Waals surface area (Å²) in [5.74, 6) is 0. The van der Waals surface area contributed by atoms with Gasteiger partial charge in [-0.05, 0) is 45.9 Å². The third kappa shape index (κ3) is 7.60. The highest BCUT2D eigenvalue weighted by atomic mass is 33.1. The Hall–Kier alpha value is -0.690. The van der Waals surface area contributed by atoms with Crippen LogP contribution in [0.2, 0.25) is 0 Å². The summed E-state index contributed by atoms with van der Waals surface area (Å²) in [6.07, 6.45) is 3.59. The van der Waals surface area contributed by atoms with E-state index < -0.39 is 8.53 Å². The van der Waals surface area contributed by atoms with Gasteiger partial charge in [0.1, 0.15) is 10.1 Å². The van der Waals surface area contributed by atoms with Crippen LogP contribution in [0.4, 0.5) is 0 Å². The molecule has 0 aromatic carbocycles. The third-order valence-corrected chi connectivity index (χ3v) is 3.67. The molecule has 0 atom stereocenters. The predicted octanol–water partition coefficient (Wildman–Crippen LogP) is 2.43. The summed E-state index contributed by atoms with van der Waals surface area (Å²) < 4.78 is 0. The number of nitrogens with two attached hydrogens (primary N) is 1. The molecule has 0 bridgehead atoms. The Bertz CT molecular complexity index is 391. The molecular formula is C10H12N3O2PS2. The van der Waals surface area contributed by atoms with Crippen LogP contribution in [0.25, 0.3) is 0 Å². The average Bonchev–Trinajstić information content (AvgIpc) is 2.38. The van der Waals surface area contributed by atoms with Crippen molar-refractivity contribution in [3.63, 3.8) is 0 Å². The molecule has 18 heavy (non-hydrogen) atoms. The molecule has 8 heteroatoms. The number of rotatable bonds is 3. The van der Waals surface area contributed by atoms with Crippen LogP contribution in [-0.2, 0) is 0 Å². The topological polar surface area (TPSA) is 92.3 Å². The van der Waals surface area contributed by atoms with Crippen molar-refractivity contribution in [3.05, 3.63) is 48.8 Å². The molecule has 2 aromatic rings. The Morgan fingerprint density at radius 1 is 0.889 bits per heavy atom. The molecule has 96 valence electrons. The van der Waals surface area contributed by atoms with Crippen molar-refractivity contribution < 1.29 is 9.79 Å². The Balaban J connectivity index is 0.000000357. The molecule has 0 aliphatic carbocycles. The second kappa shape index (κ2) is 9.27. The Kier molecular flexibility index (Phi) is 7.91. The molecule has 0 spiro atoms. The molecule has 0 unspecified atom stereocenters. The van der Waals surface area contributed by atoms with Crippen LogP contribution in [0.1, 0.15) is 0 Å². The molecule has 0 fully saturated rings. The summed E-state index contributed by atoms with van der Waals surface area (Å²) >= 11 is 0. The van der Waals surface area contributed by atoms with Crippen molar-refractivity contribution in [3.8, 4) is 0 Å². The van der Waals surface area contributed by atoms with E-state index in [9.17, 15) is 0 Å². The third-order valence-electron chi connectivity index (χ3n) is 1.49. The zero-order valence-corrected chi connectivity index (χ0v) is 11.8. The van der Waals surface area contributed by atoms with E-state index in [0.717, 1.165) is 10.1 Å². The van der Waals surface area contributed by atoms with E-state index in [1.165, 1.54) is 0 Å². The lowest BCUT2D eigenvalue weighted by Gasteiger charge is -1.97. The highest BCUT2D eigenvalue weighted by Gasteiger charge is 1.97. The van der Waals surface area contributed by atoms with Gasteiger partial charge in [-0.15, -0.1) is 0 Å². The first-order valence-electron chi connectivity index (χ1n) is 4.77. The number of hydrogen-bond donors (Lipinski definition) is 3. The van der Waals surface area contributed by atoms with Crippen molar-refractivity contribution >= 4 is 30.1 Å². The normalized spacial score (nSPS) is 9.78.